The Labute approximate surface area is 155 Å². The van der Waals surface area contributed by atoms with Crippen molar-refractivity contribution in [1.29, 1.82) is 0 Å². The summed E-state index contributed by atoms with van der Waals surface area (Å²) >= 11 is 6.00. The molecule has 4 heteroatoms. The molecule has 0 N–H and O–H groups in total. The van der Waals surface area contributed by atoms with Crippen molar-refractivity contribution < 1.29 is 13.9 Å². The Hall–Kier alpha value is -3.04. The highest BCUT2D eigenvalue weighted by molar-refractivity contribution is 6.30. The number of carbonyl (C=O) groups is 1. The Bertz CT molecular complexity index is 1080. The fourth-order valence-corrected chi connectivity index (χ4v) is 3.09. The van der Waals surface area contributed by atoms with Crippen LogP contribution >= 0.6 is 11.6 Å². The molecule has 1 heterocycles. The van der Waals surface area contributed by atoms with Gasteiger partial charge in [-0.05, 0) is 54.6 Å². The van der Waals surface area contributed by atoms with E-state index in [1.165, 1.54) is 0 Å². The monoisotopic (exact) mass is 362 g/mol. The predicted molar refractivity (Wildman–Crippen MR) is 103 cm³/mol. The molecule has 0 aliphatic carbocycles. The third-order valence-corrected chi connectivity index (χ3v) is 4.53. The fraction of sp³-hybridized carbons (Fsp3) is 0.0455. The van der Waals surface area contributed by atoms with Gasteiger partial charge < -0.3 is 9.15 Å². The van der Waals surface area contributed by atoms with Gasteiger partial charge in [-0.15, -0.1) is 0 Å². The number of rotatable bonds is 4. The molecule has 0 aliphatic rings. The van der Waals surface area contributed by atoms with Gasteiger partial charge in [-0.3, -0.25) is 4.79 Å². The van der Waals surface area contributed by atoms with Crippen LogP contribution in [0.2, 0.25) is 5.02 Å². The lowest BCUT2D eigenvalue weighted by molar-refractivity contribution is 0.104. The zero-order chi connectivity index (χ0) is 18.1. The molecular formula is C22H15ClO3. The standard InChI is InChI=1S/C22H15ClO3/c1-25-17-12-8-14(9-13-17)21(24)20-18-4-2-3-5-19(18)26-22(20)15-6-10-16(23)11-7-15/h2-13H,1H3. The van der Waals surface area contributed by atoms with Crippen LogP contribution in [0.25, 0.3) is 22.3 Å². The van der Waals surface area contributed by atoms with Gasteiger partial charge in [0.15, 0.2) is 5.78 Å². The lowest BCUT2D eigenvalue weighted by atomic mass is 9.97. The normalized spacial score (nSPS) is 10.8. The molecular weight excluding hydrogens is 348 g/mol. The van der Waals surface area contributed by atoms with Crippen LogP contribution in [0.15, 0.2) is 77.2 Å². The lowest BCUT2D eigenvalue weighted by Crippen LogP contribution is -2.02. The number of fused-ring (bicyclic) bond motifs is 1. The summed E-state index contributed by atoms with van der Waals surface area (Å²) in [4.78, 5) is 13.3. The van der Waals surface area contributed by atoms with E-state index >= 15 is 0 Å². The summed E-state index contributed by atoms with van der Waals surface area (Å²) in [5.74, 6) is 1.16. The van der Waals surface area contributed by atoms with Gasteiger partial charge in [0.25, 0.3) is 0 Å². The van der Waals surface area contributed by atoms with Crippen molar-refractivity contribution in [3.05, 3.63) is 88.9 Å². The maximum absolute atomic E-state index is 13.3. The quantitative estimate of drug-likeness (QED) is 0.418. The first kappa shape index (κ1) is 16.4. The molecule has 0 unspecified atom stereocenters. The van der Waals surface area contributed by atoms with Gasteiger partial charge in [-0.25, -0.2) is 0 Å². The van der Waals surface area contributed by atoms with E-state index in [0.29, 0.717) is 33.2 Å². The van der Waals surface area contributed by atoms with Crippen LogP contribution in [0.5, 0.6) is 5.75 Å². The Morgan fingerprint density at radius 3 is 2.31 bits per heavy atom. The number of halogens is 1. The van der Waals surface area contributed by atoms with Crippen molar-refractivity contribution >= 4 is 28.4 Å². The molecule has 26 heavy (non-hydrogen) atoms. The van der Waals surface area contributed by atoms with Gasteiger partial charge in [0.1, 0.15) is 17.1 Å². The molecule has 4 rings (SSSR count). The summed E-state index contributed by atoms with van der Waals surface area (Å²) in [5, 5.41) is 1.42. The Balaban J connectivity index is 1.90. The summed E-state index contributed by atoms with van der Waals surface area (Å²) in [6.45, 7) is 0. The Morgan fingerprint density at radius 2 is 1.62 bits per heavy atom. The molecule has 3 nitrogen and oxygen atoms in total. The molecule has 0 saturated heterocycles. The molecule has 3 aromatic carbocycles. The first-order chi connectivity index (χ1) is 12.7. The van der Waals surface area contributed by atoms with Crippen LogP contribution in [0.3, 0.4) is 0 Å². The number of methoxy groups -OCH3 is 1. The second-order valence-corrected chi connectivity index (χ2v) is 6.30. The van der Waals surface area contributed by atoms with E-state index in [9.17, 15) is 4.79 Å². The molecule has 1 aromatic heterocycles. The third kappa shape index (κ3) is 2.87. The predicted octanol–water partition coefficient (Wildman–Crippen LogP) is 5.99. The zero-order valence-electron chi connectivity index (χ0n) is 14.0. The molecule has 0 aliphatic heterocycles. The average Bonchev–Trinajstić information content (AvgIpc) is 3.07. The molecule has 0 atom stereocenters. The summed E-state index contributed by atoms with van der Waals surface area (Å²) in [5.41, 5.74) is 2.61. The smallest absolute Gasteiger partial charge is 0.197 e. The number of carbonyl (C=O) groups excluding carboxylic acids is 1. The van der Waals surface area contributed by atoms with Crippen molar-refractivity contribution in [3.8, 4) is 17.1 Å². The number of hydrogen-bond donors (Lipinski definition) is 0. The van der Waals surface area contributed by atoms with Gasteiger partial charge >= 0.3 is 0 Å². The maximum atomic E-state index is 13.3. The second kappa shape index (κ2) is 6.70. The minimum absolute atomic E-state index is 0.0949. The summed E-state index contributed by atoms with van der Waals surface area (Å²) < 4.78 is 11.2. The SMILES string of the molecule is COc1ccc(C(=O)c2c(-c3ccc(Cl)cc3)oc3ccccc23)cc1. The van der Waals surface area contributed by atoms with Crippen molar-refractivity contribution in [1.82, 2.24) is 0 Å². The lowest BCUT2D eigenvalue weighted by Gasteiger charge is -2.05. The van der Waals surface area contributed by atoms with E-state index in [0.717, 1.165) is 10.9 Å². The maximum Gasteiger partial charge on any atom is 0.197 e. The van der Waals surface area contributed by atoms with Crippen LogP contribution in [-0.4, -0.2) is 12.9 Å². The summed E-state index contributed by atoms with van der Waals surface area (Å²) in [7, 11) is 1.60. The number of para-hydroxylation sites is 1. The van der Waals surface area contributed by atoms with E-state index < -0.39 is 0 Å². The number of ketones is 1. The van der Waals surface area contributed by atoms with Gasteiger partial charge in [-0.2, -0.15) is 0 Å². The van der Waals surface area contributed by atoms with E-state index in [2.05, 4.69) is 0 Å². The minimum atomic E-state index is -0.0949. The van der Waals surface area contributed by atoms with Gasteiger partial charge in [0.05, 0.1) is 12.7 Å². The number of hydrogen-bond acceptors (Lipinski definition) is 3. The molecule has 0 spiro atoms. The number of ether oxygens (including phenoxy) is 1. The minimum Gasteiger partial charge on any atom is -0.497 e. The van der Waals surface area contributed by atoms with Crippen LogP contribution in [0.1, 0.15) is 15.9 Å². The van der Waals surface area contributed by atoms with E-state index in [1.54, 1.807) is 43.5 Å². The van der Waals surface area contributed by atoms with Crippen molar-refractivity contribution in [2.75, 3.05) is 7.11 Å². The Kier molecular flexibility index (Phi) is 4.23. The largest absolute Gasteiger partial charge is 0.497 e. The highest BCUT2D eigenvalue weighted by Crippen LogP contribution is 2.35. The van der Waals surface area contributed by atoms with Crippen LogP contribution < -0.4 is 4.74 Å². The molecule has 0 fully saturated rings. The van der Waals surface area contributed by atoms with Crippen LogP contribution in [0.4, 0.5) is 0 Å². The molecule has 0 bridgehead atoms. The van der Waals surface area contributed by atoms with E-state index in [-0.39, 0.29) is 5.78 Å². The molecule has 128 valence electrons. The molecule has 0 saturated carbocycles. The number of benzene rings is 3. The van der Waals surface area contributed by atoms with E-state index in [4.69, 9.17) is 20.8 Å². The fourth-order valence-electron chi connectivity index (χ4n) is 2.96. The highest BCUT2D eigenvalue weighted by Gasteiger charge is 2.23. The number of furan rings is 1. The first-order valence-corrected chi connectivity index (χ1v) is 8.51. The Morgan fingerprint density at radius 1 is 0.923 bits per heavy atom. The summed E-state index contributed by atoms with van der Waals surface area (Å²) in [6, 6.07) is 21.9. The van der Waals surface area contributed by atoms with Crippen molar-refractivity contribution in [2.24, 2.45) is 0 Å². The topological polar surface area (TPSA) is 39.4 Å². The first-order valence-electron chi connectivity index (χ1n) is 8.13. The van der Waals surface area contributed by atoms with Gasteiger partial charge in [-0.1, -0.05) is 29.8 Å². The van der Waals surface area contributed by atoms with Crippen molar-refractivity contribution in [3.63, 3.8) is 0 Å². The van der Waals surface area contributed by atoms with Crippen LogP contribution in [-0.2, 0) is 0 Å². The molecule has 0 amide bonds. The molecule has 4 aromatic rings. The summed E-state index contributed by atoms with van der Waals surface area (Å²) in [6.07, 6.45) is 0. The second-order valence-electron chi connectivity index (χ2n) is 5.87. The molecule has 0 radical (unpaired) electrons. The van der Waals surface area contributed by atoms with Crippen molar-refractivity contribution in [2.45, 2.75) is 0 Å². The third-order valence-electron chi connectivity index (χ3n) is 4.28. The highest BCUT2D eigenvalue weighted by atomic mass is 35.5. The van der Waals surface area contributed by atoms with E-state index in [1.807, 2.05) is 36.4 Å². The van der Waals surface area contributed by atoms with Gasteiger partial charge in [0.2, 0.25) is 0 Å². The van der Waals surface area contributed by atoms with Crippen LogP contribution in [0, 0.1) is 0 Å². The average molecular weight is 363 g/mol. The zero-order valence-corrected chi connectivity index (χ0v) is 14.8. The van der Waals surface area contributed by atoms with Gasteiger partial charge in [0, 0.05) is 21.5 Å².